The number of hydrogen-bond donors (Lipinski definition) is 0. The van der Waals surface area contributed by atoms with Gasteiger partial charge in [0.15, 0.2) is 0 Å². The largest absolute Gasteiger partial charge is 0.457 e. The quantitative estimate of drug-likeness (QED) is 0.210. The molecule has 0 aliphatic rings. The molecule has 4 aromatic carbocycles. The van der Waals surface area contributed by atoms with Crippen LogP contribution >= 0.6 is 0 Å². The molecule has 0 amide bonds. The van der Waals surface area contributed by atoms with Crippen molar-refractivity contribution in [1.82, 2.24) is 0 Å². The summed E-state index contributed by atoms with van der Waals surface area (Å²) < 4.78 is 98.4. The van der Waals surface area contributed by atoms with E-state index in [0.717, 1.165) is 24.3 Å². The first-order valence-electron chi connectivity index (χ1n) is 12.0. The van der Waals surface area contributed by atoms with Crippen molar-refractivity contribution in [1.29, 1.82) is 21.0 Å². The van der Waals surface area contributed by atoms with Crippen molar-refractivity contribution < 1.29 is 35.8 Å². The van der Waals surface area contributed by atoms with Crippen LogP contribution in [0.25, 0.3) is 0 Å². The van der Waals surface area contributed by atoms with Crippen LogP contribution in [-0.4, -0.2) is 12.4 Å². The predicted octanol–water partition coefficient (Wildman–Crippen LogP) is 8.17. The summed E-state index contributed by atoms with van der Waals surface area (Å²) in [6.07, 6.45) is -11.7. The van der Waals surface area contributed by atoms with Crippen LogP contribution in [0.15, 0.2) is 84.9 Å². The molecule has 12 heteroatoms. The zero-order valence-electron chi connectivity index (χ0n) is 21.5. The highest BCUT2D eigenvalue weighted by Gasteiger charge is 2.72. The van der Waals surface area contributed by atoms with Crippen LogP contribution in [0.1, 0.15) is 33.4 Å². The van der Waals surface area contributed by atoms with Gasteiger partial charge in [-0.05, 0) is 71.8 Å². The monoisotopic (exact) mass is 588 g/mol. The van der Waals surface area contributed by atoms with E-state index >= 15 is 0 Å². The molecule has 0 aromatic heterocycles. The molecule has 4 aromatic rings. The summed E-state index contributed by atoms with van der Waals surface area (Å²) in [6.45, 7) is 0. The standard InChI is InChI=1S/C31H14F6N4O2/c32-30(33,34)29(31(35,36)37,23-1-5-25(6-2-23)42-27-11-19(15-38)9-20(12-27)16-39)24-3-7-26(8-4-24)43-28-13-21(17-40)10-22(14-28)18-41/h1-14H. The van der Waals surface area contributed by atoms with Gasteiger partial charge < -0.3 is 9.47 Å². The van der Waals surface area contributed by atoms with Crippen molar-refractivity contribution in [2.45, 2.75) is 17.8 Å². The predicted molar refractivity (Wildman–Crippen MR) is 138 cm³/mol. The third-order valence-electron chi connectivity index (χ3n) is 6.23. The van der Waals surface area contributed by atoms with Gasteiger partial charge in [-0.2, -0.15) is 47.4 Å². The van der Waals surface area contributed by atoms with Gasteiger partial charge in [-0.3, -0.25) is 0 Å². The summed E-state index contributed by atoms with van der Waals surface area (Å²) in [6, 6.07) is 21.1. The van der Waals surface area contributed by atoms with Crippen LogP contribution in [0.5, 0.6) is 23.0 Å². The van der Waals surface area contributed by atoms with E-state index in [1.165, 1.54) is 36.4 Å². The van der Waals surface area contributed by atoms with Crippen molar-refractivity contribution >= 4 is 0 Å². The maximum absolute atomic E-state index is 14.6. The molecule has 43 heavy (non-hydrogen) atoms. The SMILES string of the molecule is N#Cc1cc(C#N)cc(Oc2ccc(C(c3ccc(Oc4cc(C#N)cc(C#N)c4)cc3)(C(F)(F)F)C(F)(F)F)cc2)c1. The van der Waals surface area contributed by atoms with E-state index in [2.05, 4.69) is 0 Å². The molecule has 0 spiro atoms. The summed E-state index contributed by atoms with van der Waals surface area (Å²) in [5.74, 6) is -0.305. The molecule has 0 unspecified atom stereocenters. The van der Waals surface area contributed by atoms with Gasteiger partial charge in [0.25, 0.3) is 0 Å². The topological polar surface area (TPSA) is 114 Å². The molecule has 0 fully saturated rings. The lowest BCUT2D eigenvalue weighted by molar-refractivity contribution is -0.288. The molecular weight excluding hydrogens is 574 g/mol. The lowest BCUT2D eigenvalue weighted by Gasteiger charge is -2.38. The molecule has 0 atom stereocenters. The van der Waals surface area contributed by atoms with Crippen molar-refractivity contribution in [3.05, 3.63) is 118 Å². The first-order valence-corrected chi connectivity index (χ1v) is 12.0. The Morgan fingerprint density at radius 3 is 0.930 bits per heavy atom. The van der Waals surface area contributed by atoms with Crippen LogP contribution < -0.4 is 9.47 Å². The summed E-state index contributed by atoms with van der Waals surface area (Å²) >= 11 is 0. The second kappa shape index (κ2) is 11.5. The fourth-order valence-corrected chi connectivity index (χ4v) is 4.37. The number of hydrogen-bond acceptors (Lipinski definition) is 6. The smallest absolute Gasteiger partial charge is 0.411 e. The molecule has 0 N–H and O–H groups in total. The first kappa shape index (κ1) is 30.0. The molecule has 212 valence electrons. The molecule has 0 aliphatic carbocycles. The first-order chi connectivity index (χ1) is 20.3. The van der Waals surface area contributed by atoms with Gasteiger partial charge in [-0.1, -0.05) is 24.3 Å². The van der Waals surface area contributed by atoms with Gasteiger partial charge in [0.05, 0.1) is 46.5 Å². The van der Waals surface area contributed by atoms with Gasteiger partial charge >= 0.3 is 12.4 Å². The van der Waals surface area contributed by atoms with E-state index in [9.17, 15) is 26.3 Å². The number of alkyl halides is 6. The molecule has 6 nitrogen and oxygen atoms in total. The van der Waals surface area contributed by atoms with Crippen molar-refractivity contribution in [2.75, 3.05) is 0 Å². The Morgan fingerprint density at radius 1 is 0.419 bits per heavy atom. The third kappa shape index (κ3) is 5.91. The highest BCUT2D eigenvalue weighted by molar-refractivity contribution is 5.51. The molecule has 0 bridgehead atoms. The van der Waals surface area contributed by atoms with Gasteiger partial charge in [-0.15, -0.1) is 0 Å². The van der Waals surface area contributed by atoms with Crippen molar-refractivity contribution in [3.63, 3.8) is 0 Å². The Balaban J connectivity index is 1.73. The molecular formula is C31H14F6N4O2. The Hall–Kier alpha value is -5.98. The number of nitrogens with zero attached hydrogens (tertiary/aromatic N) is 4. The number of benzene rings is 4. The van der Waals surface area contributed by atoms with E-state index < -0.39 is 28.9 Å². The van der Waals surface area contributed by atoms with Crippen molar-refractivity contribution in [2.24, 2.45) is 0 Å². The third-order valence-corrected chi connectivity index (χ3v) is 6.23. The highest BCUT2D eigenvalue weighted by atomic mass is 19.4. The molecule has 0 aliphatic heterocycles. The minimum atomic E-state index is -5.85. The van der Waals surface area contributed by atoms with E-state index in [4.69, 9.17) is 30.5 Å². The second-order valence-electron chi connectivity index (χ2n) is 8.94. The summed E-state index contributed by atoms with van der Waals surface area (Å²) in [5.41, 5.74) is -6.47. The van der Waals surface area contributed by atoms with Crippen LogP contribution in [0.3, 0.4) is 0 Å². The van der Waals surface area contributed by atoms with Gasteiger partial charge in [-0.25, -0.2) is 0 Å². The van der Waals surface area contributed by atoms with E-state index in [-0.39, 0.29) is 45.3 Å². The Kier molecular flexibility index (Phi) is 8.01. The molecule has 0 heterocycles. The number of ether oxygens (including phenoxy) is 2. The maximum atomic E-state index is 14.6. The van der Waals surface area contributed by atoms with Gasteiger partial charge in [0.2, 0.25) is 5.41 Å². The number of nitriles is 4. The number of halogens is 6. The van der Waals surface area contributed by atoms with E-state index in [0.29, 0.717) is 24.3 Å². The Morgan fingerprint density at radius 2 is 0.698 bits per heavy atom. The normalized spacial score (nSPS) is 11.4. The second-order valence-corrected chi connectivity index (χ2v) is 8.94. The average Bonchev–Trinajstić information content (AvgIpc) is 2.97. The zero-order chi connectivity index (χ0) is 31.4. The highest BCUT2D eigenvalue weighted by Crippen LogP contribution is 2.56. The van der Waals surface area contributed by atoms with Crippen LogP contribution in [0.4, 0.5) is 26.3 Å². The maximum Gasteiger partial charge on any atom is 0.411 e. The van der Waals surface area contributed by atoms with Crippen LogP contribution in [0.2, 0.25) is 0 Å². The molecule has 0 saturated heterocycles. The van der Waals surface area contributed by atoms with Gasteiger partial charge in [0.1, 0.15) is 23.0 Å². The lowest BCUT2D eigenvalue weighted by Crippen LogP contribution is -2.54. The lowest BCUT2D eigenvalue weighted by atomic mass is 9.73. The van der Waals surface area contributed by atoms with E-state index in [1.54, 1.807) is 0 Å². The van der Waals surface area contributed by atoms with Gasteiger partial charge in [0, 0.05) is 0 Å². The van der Waals surface area contributed by atoms with Crippen LogP contribution in [0, 0.1) is 45.3 Å². The molecule has 0 saturated carbocycles. The fourth-order valence-electron chi connectivity index (χ4n) is 4.37. The fraction of sp³-hybridized carbons (Fsp3) is 0.0968. The number of rotatable bonds is 6. The molecule has 0 radical (unpaired) electrons. The summed E-state index contributed by atoms with van der Waals surface area (Å²) in [4.78, 5) is 0. The Labute approximate surface area is 240 Å². The van der Waals surface area contributed by atoms with Crippen molar-refractivity contribution in [3.8, 4) is 47.3 Å². The Bertz CT molecular complexity index is 1640. The zero-order valence-corrected chi connectivity index (χ0v) is 21.5. The summed E-state index contributed by atoms with van der Waals surface area (Å²) in [5, 5.41) is 36.4. The van der Waals surface area contributed by atoms with E-state index in [1.807, 2.05) is 24.3 Å². The average molecular weight is 588 g/mol. The summed E-state index contributed by atoms with van der Waals surface area (Å²) in [7, 11) is 0. The van der Waals surface area contributed by atoms with Crippen LogP contribution in [-0.2, 0) is 5.41 Å². The minimum Gasteiger partial charge on any atom is -0.457 e. The minimum absolute atomic E-state index is 0.0148. The molecule has 4 rings (SSSR count).